The first-order valence-corrected chi connectivity index (χ1v) is 9.33. The minimum Gasteiger partial charge on any atom is -0.332 e. The minimum absolute atomic E-state index is 0.0478. The van der Waals surface area contributed by atoms with E-state index in [0.717, 1.165) is 10.0 Å². The number of hydrogen-bond acceptors (Lipinski definition) is 3. The van der Waals surface area contributed by atoms with Gasteiger partial charge in [-0.25, -0.2) is 0 Å². The van der Waals surface area contributed by atoms with Crippen LogP contribution >= 0.6 is 28.1 Å². The molecule has 2 aromatic carbocycles. The van der Waals surface area contributed by atoms with Crippen molar-refractivity contribution in [2.45, 2.75) is 19.0 Å². The van der Waals surface area contributed by atoms with Gasteiger partial charge in [-0.1, -0.05) is 46.3 Å². The Morgan fingerprint density at radius 2 is 1.81 bits per heavy atom. The Morgan fingerprint density at radius 1 is 1.15 bits per heavy atom. The van der Waals surface area contributed by atoms with E-state index in [2.05, 4.69) is 21.2 Å². The zero-order valence-electron chi connectivity index (χ0n) is 14.2. The van der Waals surface area contributed by atoms with Crippen LogP contribution in [0, 0.1) is 0 Å². The summed E-state index contributed by atoms with van der Waals surface area (Å²) in [5, 5.41) is 3.27. The zero-order valence-corrected chi connectivity index (χ0v) is 16.6. The van der Waals surface area contributed by atoms with E-state index in [1.165, 1.54) is 4.90 Å². The summed E-state index contributed by atoms with van der Waals surface area (Å²) in [6, 6.07) is 16.5. The van der Waals surface area contributed by atoms with Gasteiger partial charge in [-0.05, 0) is 42.0 Å². The summed E-state index contributed by atoms with van der Waals surface area (Å²) < 4.78 is 0.933. The van der Waals surface area contributed by atoms with Crippen LogP contribution in [0.5, 0.6) is 0 Å². The van der Waals surface area contributed by atoms with Crippen LogP contribution in [0.25, 0.3) is 0 Å². The Morgan fingerprint density at radius 3 is 2.46 bits per heavy atom. The maximum Gasteiger partial charge on any atom is 0.251 e. The molecule has 0 saturated carbocycles. The monoisotopic (exact) mass is 431 g/mol. The number of hydrogen-bond donors (Lipinski definition) is 1. The second-order valence-corrected chi connectivity index (χ2v) is 7.35. The summed E-state index contributed by atoms with van der Waals surface area (Å²) >= 11 is 8.77. The number of likely N-dealkylation sites (N-methyl/N-ethyl adjacent to an activating group) is 1. The second-order valence-electron chi connectivity index (χ2n) is 6.07. The highest BCUT2D eigenvalue weighted by atomic mass is 79.9. The number of nitrogens with one attached hydrogen (secondary N) is 1. The van der Waals surface area contributed by atoms with Crippen molar-refractivity contribution in [1.29, 1.82) is 0 Å². The average molecular weight is 432 g/mol. The molecule has 0 bridgehead atoms. The molecular weight excluding hydrogens is 414 g/mol. The van der Waals surface area contributed by atoms with Gasteiger partial charge in [0.15, 0.2) is 5.11 Å². The van der Waals surface area contributed by atoms with Gasteiger partial charge in [0.25, 0.3) is 5.91 Å². The fourth-order valence-corrected chi connectivity index (χ4v) is 3.40. The third-order valence-electron chi connectivity index (χ3n) is 4.23. The Hall–Kier alpha value is -2.25. The first-order valence-electron chi connectivity index (χ1n) is 8.13. The normalized spacial score (nSPS) is 16.9. The standard InChI is InChI=1S/C19H18BrN3O2S/c1-22-18(25)16(11-17(24)21-15-9-7-14(20)8-10-15)23(19(22)26)12-13-5-3-2-4-6-13/h2-10,16H,11-12H2,1H3,(H,21,24). The predicted molar refractivity (Wildman–Crippen MR) is 109 cm³/mol. The van der Waals surface area contributed by atoms with Gasteiger partial charge in [0.05, 0.1) is 6.42 Å². The van der Waals surface area contributed by atoms with Gasteiger partial charge >= 0.3 is 0 Å². The van der Waals surface area contributed by atoms with E-state index in [0.29, 0.717) is 17.3 Å². The molecule has 3 rings (SSSR count). The highest BCUT2D eigenvalue weighted by molar-refractivity contribution is 9.10. The summed E-state index contributed by atoms with van der Waals surface area (Å²) in [5.41, 5.74) is 1.73. The smallest absolute Gasteiger partial charge is 0.251 e. The lowest BCUT2D eigenvalue weighted by molar-refractivity contribution is -0.130. The Kier molecular flexibility index (Phi) is 5.68. The van der Waals surface area contributed by atoms with Gasteiger partial charge in [0, 0.05) is 23.8 Å². The number of benzene rings is 2. The van der Waals surface area contributed by atoms with Crippen LogP contribution in [0.2, 0.25) is 0 Å². The maximum atomic E-state index is 12.6. The predicted octanol–water partition coefficient (Wildman–Crippen LogP) is 3.41. The summed E-state index contributed by atoms with van der Waals surface area (Å²) in [5.74, 6) is -0.376. The van der Waals surface area contributed by atoms with Crippen LogP contribution < -0.4 is 5.32 Å². The molecule has 0 aliphatic carbocycles. The number of thiocarbonyl (C=S) groups is 1. The second kappa shape index (κ2) is 7.97. The van der Waals surface area contributed by atoms with Crippen molar-refractivity contribution in [3.05, 3.63) is 64.6 Å². The number of carbonyl (C=O) groups is 2. The molecule has 0 aromatic heterocycles. The Labute approximate surface area is 166 Å². The SMILES string of the molecule is CN1C(=O)C(CC(=O)Nc2ccc(Br)cc2)N(Cc2ccccc2)C1=S. The molecule has 1 heterocycles. The molecule has 26 heavy (non-hydrogen) atoms. The number of amides is 2. The van der Waals surface area contributed by atoms with Crippen molar-refractivity contribution in [2.75, 3.05) is 12.4 Å². The van der Waals surface area contributed by atoms with Crippen molar-refractivity contribution in [2.24, 2.45) is 0 Å². The molecule has 5 nitrogen and oxygen atoms in total. The van der Waals surface area contributed by atoms with Gasteiger partial charge in [0.1, 0.15) is 6.04 Å². The van der Waals surface area contributed by atoms with Crippen LogP contribution in [-0.2, 0) is 16.1 Å². The van der Waals surface area contributed by atoms with Gasteiger partial charge in [-0.15, -0.1) is 0 Å². The molecule has 1 fully saturated rings. The highest BCUT2D eigenvalue weighted by Gasteiger charge is 2.41. The molecular formula is C19H18BrN3O2S. The van der Waals surface area contributed by atoms with E-state index < -0.39 is 6.04 Å². The van der Waals surface area contributed by atoms with E-state index in [4.69, 9.17) is 12.2 Å². The van der Waals surface area contributed by atoms with E-state index in [1.54, 1.807) is 19.2 Å². The topological polar surface area (TPSA) is 52.7 Å². The number of rotatable bonds is 5. The Bertz CT molecular complexity index is 826. The van der Waals surface area contributed by atoms with Crippen LogP contribution in [0.4, 0.5) is 5.69 Å². The average Bonchev–Trinajstić information content (AvgIpc) is 2.83. The number of anilines is 1. The number of nitrogens with zero attached hydrogens (tertiary/aromatic N) is 2. The van der Waals surface area contributed by atoms with Gasteiger partial charge in [-0.2, -0.15) is 0 Å². The first kappa shape index (κ1) is 18.5. The van der Waals surface area contributed by atoms with Crippen molar-refractivity contribution in [1.82, 2.24) is 9.80 Å². The summed E-state index contributed by atoms with van der Waals surface area (Å²) in [6.07, 6.45) is 0.0478. The largest absolute Gasteiger partial charge is 0.332 e. The van der Waals surface area contributed by atoms with Crippen molar-refractivity contribution in [3.63, 3.8) is 0 Å². The molecule has 134 valence electrons. The molecule has 7 heteroatoms. The van der Waals surface area contributed by atoms with E-state index >= 15 is 0 Å². The third kappa shape index (κ3) is 4.11. The molecule has 0 radical (unpaired) electrons. The number of carbonyl (C=O) groups excluding carboxylic acids is 2. The Balaban J connectivity index is 1.72. The van der Waals surface area contributed by atoms with Gasteiger partial charge < -0.3 is 10.2 Å². The van der Waals surface area contributed by atoms with Crippen molar-refractivity contribution in [3.8, 4) is 0 Å². The number of halogens is 1. The van der Waals surface area contributed by atoms with Crippen molar-refractivity contribution < 1.29 is 9.59 Å². The lowest BCUT2D eigenvalue weighted by Gasteiger charge is -2.23. The van der Waals surface area contributed by atoms with Crippen LogP contribution in [-0.4, -0.2) is 39.8 Å². The summed E-state index contributed by atoms with van der Waals surface area (Å²) in [6.45, 7) is 0.492. The minimum atomic E-state index is -0.594. The molecule has 1 atom stereocenters. The zero-order chi connectivity index (χ0) is 18.7. The van der Waals surface area contributed by atoms with E-state index in [9.17, 15) is 9.59 Å². The molecule has 1 N–H and O–H groups in total. The molecule has 1 aliphatic rings. The molecule has 2 amide bonds. The van der Waals surface area contributed by atoms with E-state index in [-0.39, 0.29) is 18.2 Å². The van der Waals surface area contributed by atoms with Crippen LogP contribution in [0.15, 0.2) is 59.1 Å². The third-order valence-corrected chi connectivity index (χ3v) is 5.26. The molecule has 1 aliphatic heterocycles. The van der Waals surface area contributed by atoms with Gasteiger partial charge in [0.2, 0.25) is 5.91 Å². The van der Waals surface area contributed by atoms with E-state index in [1.807, 2.05) is 47.4 Å². The molecule has 0 spiro atoms. The van der Waals surface area contributed by atoms with Crippen molar-refractivity contribution >= 4 is 50.8 Å². The van der Waals surface area contributed by atoms with Crippen LogP contribution in [0.1, 0.15) is 12.0 Å². The lowest BCUT2D eigenvalue weighted by atomic mass is 10.1. The van der Waals surface area contributed by atoms with Gasteiger partial charge in [-0.3, -0.25) is 14.5 Å². The summed E-state index contributed by atoms with van der Waals surface area (Å²) in [4.78, 5) is 28.3. The quantitative estimate of drug-likeness (QED) is 0.736. The summed E-state index contributed by atoms with van der Waals surface area (Å²) in [7, 11) is 1.65. The van der Waals surface area contributed by atoms with Crippen LogP contribution in [0.3, 0.4) is 0 Å². The molecule has 1 saturated heterocycles. The fraction of sp³-hybridized carbons (Fsp3) is 0.211. The molecule has 1 unspecified atom stereocenters. The fourth-order valence-electron chi connectivity index (χ4n) is 2.85. The lowest BCUT2D eigenvalue weighted by Crippen LogP contribution is -2.37. The maximum absolute atomic E-state index is 12.6. The highest BCUT2D eigenvalue weighted by Crippen LogP contribution is 2.23. The first-order chi connectivity index (χ1) is 12.5. The molecule has 2 aromatic rings.